The predicted molar refractivity (Wildman–Crippen MR) is 108 cm³/mol. The van der Waals surface area contributed by atoms with Gasteiger partial charge in [-0.3, -0.25) is 14.4 Å². The number of hydrogen-bond acceptors (Lipinski definition) is 3. The Kier molecular flexibility index (Phi) is 5.39. The molecule has 0 spiro atoms. The molecule has 0 atom stereocenters. The minimum absolute atomic E-state index is 0.160. The van der Waals surface area contributed by atoms with Gasteiger partial charge in [-0.15, -0.1) is 0 Å². The second-order valence-corrected chi connectivity index (χ2v) is 7.51. The number of piperazine rings is 1. The van der Waals surface area contributed by atoms with Crippen molar-refractivity contribution in [1.29, 1.82) is 0 Å². The molecule has 0 N–H and O–H groups in total. The van der Waals surface area contributed by atoms with E-state index in [4.69, 9.17) is 0 Å². The first-order valence-electron chi connectivity index (χ1n) is 10.0. The molecule has 4 rings (SSSR count). The van der Waals surface area contributed by atoms with Gasteiger partial charge in [-0.1, -0.05) is 42.5 Å². The number of rotatable bonds is 4. The van der Waals surface area contributed by atoms with E-state index in [9.17, 15) is 4.79 Å². The van der Waals surface area contributed by atoms with Crippen LogP contribution in [0.2, 0.25) is 0 Å². The summed E-state index contributed by atoms with van der Waals surface area (Å²) in [4.78, 5) is 17.5. The van der Waals surface area contributed by atoms with E-state index < -0.39 is 0 Å². The minimum Gasteiger partial charge on any atom is -0.335 e. The second kappa shape index (κ2) is 8.09. The van der Waals surface area contributed by atoms with Crippen molar-refractivity contribution in [1.82, 2.24) is 19.6 Å². The van der Waals surface area contributed by atoms with Crippen molar-refractivity contribution in [2.24, 2.45) is 7.05 Å². The van der Waals surface area contributed by atoms with Gasteiger partial charge in [0.05, 0.1) is 5.69 Å². The SMILES string of the molecule is Cn1nc2c(c1C(=O)N1CCN(C/C=C/c3ccccc3)CC1)CCCC2. The van der Waals surface area contributed by atoms with Crippen LogP contribution in [0.25, 0.3) is 6.08 Å². The van der Waals surface area contributed by atoms with Gasteiger partial charge >= 0.3 is 0 Å². The number of aryl methyl sites for hydroxylation is 2. The molecule has 1 aliphatic heterocycles. The van der Waals surface area contributed by atoms with Crippen molar-refractivity contribution in [2.75, 3.05) is 32.7 Å². The summed E-state index contributed by atoms with van der Waals surface area (Å²) in [6, 6.07) is 10.4. The number of fused-ring (bicyclic) bond motifs is 1. The maximum absolute atomic E-state index is 13.1. The molecular formula is C22H28N4O. The fraction of sp³-hybridized carbons (Fsp3) is 0.455. The lowest BCUT2D eigenvalue weighted by Gasteiger charge is -2.34. The van der Waals surface area contributed by atoms with Crippen LogP contribution in [0.5, 0.6) is 0 Å². The molecule has 1 saturated heterocycles. The number of hydrogen-bond donors (Lipinski definition) is 0. The van der Waals surface area contributed by atoms with Gasteiger partial charge in [0.2, 0.25) is 0 Å². The maximum Gasteiger partial charge on any atom is 0.272 e. The zero-order valence-electron chi connectivity index (χ0n) is 16.1. The number of aromatic nitrogens is 2. The standard InChI is InChI=1S/C22H28N4O/c1-24-21(19-11-5-6-12-20(19)23-24)22(27)26-16-14-25(15-17-26)13-7-10-18-8-3-2-4-9-18/h2-4,7-10H,5-6,11-17H2,1H3/b10-7+. The van der Waals surface area contributed by atoms with Gasteiger partial charge in [0.1, 0.15) is 5.69 Å². The Morgan fingerprint density at radius 1 is 1.07 bits per heavy atom. The molecule has 0 unspecified atom stereocenters. The molecule has 1 fully saturated rings. The molecule has 0 saturated carbocycles. The van der Waals surface area contributed by atoms with Gasteiger partial charge in [0, 0.05) is 45.3 Å². The van der Waals surface area contributed by atoms with E-state index in [0.717, 1.165) is 57.0 Å². The molecule has 142 valence electrons. The highest BCUT2D eigenvalue weighted by Crippen LogP contribution is 2.25. The van der Waals surface area contributed by atoms with E-state index >= 15 is 0 Å². The molecule has 5 nitrogen and oxygen atoms in total. The minimum atomic E-state index is 0.160. The molecule has 1 aliphatic carbocycles. The van der Waals surface area contributed by atoms with Crippen molar-refractivity contribution >= 4 is 12.0 Å². The maximum atomic E-state index is 13.1. The molecule has 27 heavy (non-hydrogen) atoms. The molecule has 2 aromatic rings. The van der Waals surface area contributed by atoms with E-state index in [1.807, 2.05) is 22.7 Å². The molecule has 0 bridgehead atoms. The van der Waals surface area contributed by atoms with Gasteiger partial charge in [0.15, 0.2) is 0 Å². The first-order valence-corrected chi connectivity index (χ1v) is 10.0. The molecule has 0 radical (unpaired) electrons. The molecule has 2 heterocycles. The van der Waals surface area contributed by atoms with Crippen LogP contribution in [0.15, 0.2) is 36.4 Å². The summed E-state index contributed by atoms with van der Waals surface area (Å²) >= 11 is 0. The fourth-order valence-corrected chi connectivity index (χ4v) is 4.13. The van der Waals surface area contributed by atoms with Gasteiger partial charge in [-0.2, -0.15) is 5.10 Å². The lowest BCUT2D eigenvalue weighted by molar-refractivity contribution is 0.0638. The van der Waals surface area contributed by atoms with Crippen LogP contribution in [0.3, 0.4) is 0 Å². The lowest BCUT2D eigenvalue weighted by atomic mass is 9.95. The Morgan fingerprint density at radius 2 is 1.81 bits per heavy atom. The molecule has 1 amide bonds. The van der Waals surface area contributed by atoms with Gasteiger partial charge in [-0.25, -0.2) is 0 Å². The number of carbonyl (C=O) groups excluding carboxylic acids is 1. The monoisotopic (exact) mass is 364 g/mol. The summed E-state index contributed by atoms with van der Waals surface area (Å²) in [5, 5.41) is 4.60. The second-order valence-electron chi connectivity index (χ2n) is 7.51. The number of amides is 1. The average molecular weight is 364 g/mol. The highest BCUT2D eigenvalue weighted by Gasteiger charge is 2.29. The van der Waals surface area contributed by atoms with Crippen LogP contribution in [0.1, 0.15) is 40.2 Å². The van der Waals surface area contributed by atoms with E-state index in [-0.39, 0.29) is 5.91 Å². The summed E-state index contributed by atoms with van der Waals surface area (Å²) in [6.07, 6.45) is 8.74. The normalized spacial score (nSPS) is 18.0. The van der Waals surface area contributed by atoms with Crippen LogP contribution in [-0.4, -0.2) is 58.2 Å². The zero-order chi connectivity index (χ0) is 18.6. The van der Waals surface area contributed by atoms with E-state index in [1.54, 1.807) is 0 Å². The third-order valence-electron chi connectivity index (χ3n) is 5.65. The fourth-order valence-electron chi connectivity index (χ4n) is 4.13. The van der Waals surface area contributed by atoms with Crippen LogP contribution < -0.4 is 0 Å². The van der Waals surface area contributed by atoms with Crippen molar-refractivity contribution in [3.63, 3.8) is 0 Å². The Hall–Kier alpha value is -2.40. The number of carbonyl (C=O) groups is 1. The van der Waals surface area contributed by atoms with Crippen LogP contribution in [0.4, 0.5) is 0 Å². The number of benzene rings is 1. The van der Waals surface area contributed by atoms with Gasteiger partial charge < -0.3 is 4.90 Å². The van der Waals surface area contributed by atoms with Crippen LogP contribution in [-0.2, 0) is 19.9 Å². The van der Waals surface area contributed by atoms with Gasteiger partial charge in [0.25, 0.3) is 5.91 Å². The Labute approximate surface area is 161 Å². The Balaban J connectivity index is 1.33. The quantitative estimate of drug-likeness (QED) is 0.838. The first kappa shape index (κ1) is 18.0. The average Bonchev–Trinajstić information content (AvgIpc) is 3.04. The molecule has 1 aromatic heterocycles. The summed E-state index contributed by atoms with van der Waals surface area (Å²) in [5.41, 5.74) is 4.38. The topological polar surface area (TPSA) is 41.4 Å². The summed E-state index contributed by atoms with van der Waals surface area (Å²) in [5.74, 6) is 0.160. The highest BCUT2D eigenvalue weighted by molar-refractivity contribution is 5.94. The van der Waals surface area contributed by atoms with Crippen molar-refractivity contribution in [3.05, 3.63) is 58.9 Å². The third-order valence-corrected chi connectivity index (χ3v) is 5.65. The van der Waals surface area contributed by atoms with E-state index in [0.29, 0.717) is 0 Å². The molecule has 1 aromatic carbocycles. The summed E-state index contributed by atoms with van der Waals surface area (Å²) in [7, 11) is 1.91. The third kappa shape index (κ3) is 3.98. The molecular weight excluding hydrogens is 336 g/mol. The smallest absolute Gasteiger partial charge is 0.272 e. The van der Waals surface area contributed by atoms with Crippen molar-refractivity contribution in [2.45, 2.75) is 25.7 Å². The van der Waals surface area contributed by atoms with E-state index in [2.05, 4.69) is 46.4 Å². The molecule has 2 aliphatic rings. The summed E-state index contributed by atoms with van der Waals surface area (Å²) in [6.45, 7) is 4.35. The first-order chi connectivity index (χ1) is 13.2. The van der Waals surface area contributed by atoms with E-state index in [1.165, 1.54) is 24.0 Å². The van der Waals surface area contributed by atoms with Crippen molar-refractivity contribution < 1.29 is 4.79 Å². The molecule has 5 heteroatoms. The van der Waals surface area contributed by atoms with Crippen LogP contribution in [0, 0.1) is 0 Å². The lowest BCUT2D eigenvalue weighted by Crippen LogP contribution is -2.49. The van der Waals surface area contributed by atoms with Crippen molar-refractivity contribution in [3.8, 4) is 0 Å². The Bertz CT molecular complexity index is 816. The zero-order valence-corrected chi connectivity index (χ0v) is 16.1. The highest BCUT2D eigenvalue weighted by atomic mass is 16.2. The van der Waals surface area contributed by atoms with Crippen LogP contribution >= 0.6 is 0 Å². The summed E-state index contributed by atoms with van der Waals surface area (Å²) < 4.78 is 1.81. The Morgan fingerprint density at radius 3 is 2.59 bits per heavy atom. The van der Waals surface area contributed by atoms with Gasteiger partial charge in [-0.05, 0) is 31.2 Å². The largest absolute Gasteiger partial charge is 0.335 e. The number of nitrogens with zero attached hydrogens (tertiary/aromatic N) is 4. The predicted octanol–water partition coefficient (Wildman–Crippen LogP) is 2.77.